The maximum Gasteiger partial charge on any atom is 0.252 e. The molecule has 2 unspecified atom stereocenters. The van der Waals surface area contributed by atoms with Crippen molar-refractivity contribution in [2.45, 2.75) is 51.2 Å². The summed E-state index contributed by atoms with van der Waals surface area (Å²) < 4.78 is 5.54. The van der Waals surface area contributed by atoms with Crippen molar-refractivity contribution in [3.05, 3.63) is 0 Å². The Labute approximate surface area is 103 Å². The summed E-state index contributed by atoms with van der Waals surface area (Å²) in [7, 11) is 0. The van der Waals surface area contributed by atoms with Crippen LogP contribution in [-0.4, -0.2) is 47.8 Å². The summed E-state index contributed by atoms with van der Waals surface area (Å²) >= 11 is 0. The molecular weight excluding hydrogens is 218 g/mol. The summed E-state index contributed by atoms with van der Waals surface area (Å²) in [5, 5.41) is 9.12. The third-order valence-electron chi connectivity index (χ3n) is 4.02. The molecule has 0 spiro atoms. The second-order valence-electron chi connectivity index (χ2n) is 5.25. The molecule has 1 aliphatic carbocycles. The third-order valence-corrected chi connectivity index (χ3v) is 4.02. The highest BCUT2D eigenvalue weighted by molar-refractivity contribution is 5.81. The Balaban J connectivity index is 2.01. The highest BCUT2D eigenvalue weighted by atomic mass is 16.5. The average molecular weight is 241 g/mol. The number of aliphatic hydroxyl groups excluding tert-OH is 1. The van der Waals surface area contributed by atoms with Crippen molar-refractivity contribution in [1.82, 2.24) is 4.90 Å². The standard InChI is InChI=1S/C13H23NO3/c1-10-6-9-17-12(10)13(16)14(7-8-15)11-4-2-3-5-11/h10-12,15H,2-9H2,1H3. The van der Waals surface area contributed by atoms with Crippen LogP contribution in [0.1, 0.15) is 39.0 Å². The highest BCUT2D eigenvalue weighted by Crippen LogP contribution is 2.27. The van der Waals surface area contributed by atoms with E-state index in [-0.39, 0.29) is 18.6 Å². The molecule has 1 saturated heterocycles. The number of ether oxygens (including phenoxy) is 1. The third kappa shape index (κ3) is 2.80. The Hall–Kier alpha value is -0.610. The minimum atomic E-state index is -0.276. The topological polar surface area (TPSA) is 49.8 Å². The van der Waals surface area contributed by atoms with Gasteiger partial charge in [0.2, 0.25) is 0 Å². The number of carbonyl (C=O) groups excluding carboxylic acids is 1. The number of aliphatic hydroxyl groups is 1. The van der Waals surface area contributed by atoms with E-state index in [2.05, 4.69) is 6.92 Å². The van der Waals surface area contributed by atoms with Gasteiger partial charge >= 0.3 is 0 Å². The van der Waals surface area contributed by atoms with Crippen LogP contribution in [-0.2, 0) is 9.53 Å². The summed E-state index contributed by atoms with van der Waals surface area (Å²) in [5.74, 6) is 0.404. The molecule has 0 aromatic carbocycles. The Bertz CT molecular complexity index is 263. The maximum absolute atomic E-state index is 12.4. The fourth-order valence-electron chi connectivity index (χ4n) is 2.97. The summed E-state index contributed by atoms with van der Waals surface area (Å²) in [6.07, 6.45) is 5.23. The van der Waals surface area contributed by atoms with Gasteiger partial charge in [0.1, 0.15) is 6.10 Å². The summed E-state index contributed by atoms with van der Waals surface area (Å²) in [5.41, 5.74) is 0. The normalized spacial score (nSPS) is 29.8. The van der Waals surface area contributed by atoms with E-state index in [0.717, 1.165) is 19.3 Å². The molecule has 4 nitrogen and oxygen atoms in total. The van der Waals surface area contributed by atoms with Gasteiger partial charge in [-0.25, -0.2) is 0 Å². The molecule has 98 valence electrons. The van der Waals surface area contributed by atoms with Gasteiger partial charge in [0.25, 0.3) is 5.91 Å². The summed E-state index contributed by atoms with van der Waals surface area (Å²) in [6, 6.07) is 0.325. The van der Waals surface area contributed by atoms with Gasteiger partial charge in [0, 0.05) is 19.2 Å². The predicted molar refractivity (Wildman–Crippen MR) is 64.6 cm³/mol. The van der Waals surface area contributed by atoms with Gasteiger partial charge in [0.15, 0.2) is 0 Å². The molecule has 1 aliphatic heterocycles. The Kier molecular flexibility index (Phi) is 4.40. The van der Waals surface area contributed by atoms with E-state index in [1.807, 2.05) is 4.90 Å². The monoisotopic (exact) mass is 241 g/mol. The molecule has 2 rings (SSSR count). The zero-order valence-electron chi connectivity index (χ0n) is 10.6. The lowest BCUT2D eigenvalue weighted by atomic mass is 10.0. The maximum atomic E-state index is 12.4. The van der Waals surface area contributed by atoms with Gasteiger partial charge in [-0.05, 0) is 25.2 Å². The van der Waals surface area contributed by atoms with Crippen LogP contribution in [0.5, 0.6) is 0 Å². The zero-order valence-corrected chi connectivity index (χ0v) is 10.6. The first-order valence-corrected chi connectivity index (χ1v) is 6.77. The van der Waals surface area contributed by atoms with Crippen LogP contribution in [0.25, 0.3) is 0 Å². The lowest BCUT2D eigenvalue weighted by Gasteiger charge is -2.31. The first-order chi connectivity index (χ1) is 8.24. The number of hydrogen-bond donors (Lipinski definition) is 1. The average Bonchev–Trinajstić information content (AvgIpc) is 2.95. The van der Waals surface area contributed by atoms with Crippen LogP contribution < -0.4 is 0 Å². The van der Waals surface area contributed by atoms with E-state index in [9.17, 15) is 4.79 Å². The van der Waals surface area contributed by atoms with Crippen molar-refractivity contribution < 1.29 is 14.6 Å². The molecule has 0 radical (unpaired) electrons. The molecule has 1 N–H and O–H groups in total. The summed E-state index contributed by atoms with van der Waals surface area (Å²) in [6.45, 7) is 3.26. The molecule has 1 amide bonds. The van der Waals surface area contributed by atoms with E-state index < -0.39 is 0 Å². The molecule has 2 atom stereocenters. The molecule has 0 bridgehead atoms. The number of nitrogens with zero attached hydrogens (tertiary/aromatic N) is 1. The Morgan fingerprint density at radius 3 is 2.59 bits per heavy atom. The van der Waals surface area contributed by atoms with Crippen LogP contribution in [0.2, 0.25) is 0 Å². The number of hydrogen-bond acceptors (Lipinski definition) is 3. The molecule has 1 saturated carbocycles. The van der Waals surface area contributed by atoms with E-state index in [1.54, 1.807) is 0 Å². The van der Waals surface area contributed by atoms with Crippen LogP contribution >= 0.6 is 0 Å². The summed E-state index contributed by atoms with van der Waals surface area (Å²) in [4.78, 5) is 14.3. The SMILES string of the molecule is CC1CCOC1C(=O)N(CCO)C1CCCC1. The van der Waals surface area contributed by atoms with Crippen molar-refractivity contribution in [3.63, 3.8) is 0 Å². The minimum absolute atomic E-state index is 0.0450. The molecule has 17 heavy (non-hydrogen) atoms. The number of carbonyl (C=O) groups is 1. The van der Waals surface area contributed by atoms with Crippen LogP contribution in [0.4, 0.5) is 0 Å². The van der Waals surface area contributed by atoms with Crippen LogP contribution in [0, 0.1) is 5.92 Å². The van der Waals surface area contributed by atoms with Gasteiger partial charge in [-0.2, -0.15) is 0 Å². The van der Waals surface area contributed by atoms with E-state index in [1.165, 1.54) is 12.8 Å². The van der Waals surface area contributed by atoms with Crippen molar-refractivity contribution in [2.75, 3.05) is 19.8 Å². The van der Waals surface area contributed by atoms with E-state index in [0.29, 0.717) is 25.1 Å². The molecular formula is C13H23NO3. The van der Waals surface area contributed by atoms with E-state index in [4.69, 9.17) is 9.84 Å². The second kappa shape index (κ2) is 5.83. The molecule has 2 aliphatic rings. The van der Waals surface area contributed by atoms with Crippen molar-refractivity contribution in [1.29, 1.82) is 0 Å². The minimum Gasteiger partial charge on any atom is -0.395 e. The van der Waals surface area contributed by atoms with Crippen LogP contribution in [0.15, 0.2) is 0 Å². The molecule has 1 heterocycles. The van der Waals surface area contributed by atoms with E-state index >= 15 is 0 Å². The Morgan fingerprint density at radius 2 is 2.06 bits per heavy atom. The first-order valence-electron chi connectivity index (χ1n) is 6.77. The predicted octanol–water partition coefficient (Wildman–Crippen LogP) is 1.17. The first kappa shape index (κ1) is 12.8. The second-order valence-corrected chi connectivity index (χ2v) is 5.25. The van der Waals surface area contributed by atoms with Gasteiger partial charge in [-0.1, -0.05) is 19.8 Å². The van der Waals surface area contributed by atoms with Gasteiger partial charge < -0.3 is 14.7 Å². The lowest BCUT2D eigenvalue weighted by Crippen LogP contribution is -2.47. The lowest BCUT2D eigenvalue weighted by molar-refractivity contribution is -0.145. The van der Waals surface area contributed by atoms with Gasteiger partial charge in [-0.3, -0.25) is 4.79 Å². The highest BCUT2D eigenvalue weighted by Gasteiger charge is 2.36. The van der Waals surface area contributed by atoms with Crippen molar-refractivity contribution >= 4 is 5.91 Å². The molecule has 2 fully saturated rings. The van der Waals surface area contributed by atoms with Crippen molar-refractivity contribution in [2.24, 2.45) is 5.92 Å². The Morgan fingerprint density at radius 1 is 1.35 bits per heavy atom. The molecule has 0 aromatic rings. The van der Waals surface area contributed by atoms with Crippen molar-refractivity contribution in [3.8, 4) is 0 Å². The van der Waals surface area contributed by atoms with Gasteiger partial charge in [0.05, 0.1) is 6.61 Å². The number of amides is 1. The molecule has 4 heteroatoms. The van der Waals surface area contributed by atoms with Gasteiger partial charge in [-0.15, -0.1) is 0 Å². The number of rotatable bonds is 4. The molecule has 0 aromatic heterocycles. The smallest absolute Gasteiger partial charge is 0.252 e. The zero-order chi connectivity index (χ0) is 12.3. The fraction of sp³-hybridized carbons (Fsp3) is 0.923. The fourth-order valence-corrected chi connectivity index (χ4v) is 2.97. The quantitative estimate of drug-likeness (QED) is 0.804. The largest absolute Gasteiger partial charge is 0.395 e. The van der Waals surface area contributed by atoms with Crippen LogP contribution in [0.3, 0.4) is 0 Å².